The molecule has 0 saturated carbocycles. The molecule has 1 heterocycles. The van der Waals surface area contributed by atoms with Crippen molar-refractivity contribution in [2.75, 3.05) is 31.2 Å². The SMILES string of the molecule is NS(=O)(=O)c1cc(C(=O)N2CCOCC2)cc(N(Cc2ccccc2)Cc2ccccc2)c1Oc1ccccc1. The second kappa shape index (κ2) is 12.3. The molecular formula is C31H31N3O5S. The van der Waals surface area contributed by atoms with Gasteiger partial charge in [0.15, 0.2) is 5.75 Å². The Labute approximate surface area is 234 Å². The Bertz CT molecular complexity index is 1500. The summed E-state index contributed by atoms with van der Waals surface area (Å²) in [6, 6.07) is 31.6. The van der Waals surface area contributed by atoms with Gasteiger partial charge in [-0.25, -0.2) is 13.6 Å². The minimum absolute atomic E-state index is 0.0686. The topological polar surface area (TPSA) is 102 Å². The molecule has 206 valence electrons. The van der Waals surface area contributed by atoms with Crippen LogP contribution >= 0.6 is 0 Å². The van der Waals surface area contributed by atoms with Gasteiger partial charge in [0.25, 0.3) is 5.91 Å². The summed E-state index contributed by atoms with van der Waals surface area (Å²) in [5, 5.41) is 5.76. The van der Waals surface area contributed by atoms with Crippen LogP contribution in [0.2, 0.25) is 0 Å². The van der Waals surface area contributed by atoms with Gasteiger partial charge in [0.1, 0.15) is 10.6 Å². The van der Waals surface area contributed by atoms with Gasteiger partial charge in [0, 0.05) is 31.7 Å². The summed E-state index contributed by atoms with van der Waals surface area (Å²) in [4.78, 5) is 17.0. The maximum absolute atomic E-state index is 13.6. The molecule has 0 radical (unpaired) electrons. The third-order valence-corrected chi connectivity index (χ3v) is 7.54. The standard InChI is InChI=1S/C31H31N3O5S/c32-40(36,37)29-21-26(31(35)33-16-18-38-19-17-33)20-28(30(29)39-27-14-8-3-9-15-27)34(22-24-10-4-1-5-11-24)23-25-12-6-2-7-13-25/h1-15,20-21H,16-19,22-23H2,(H2,32,36,37). The minimum Gasteiger partial charge on any atom is -0.454 e. The van der Waals surface area contributed by atoms with Gasteiger partial charge in [-0.1, -0.05) is 78.9 Å². The fourth-order valence-corrected chi connectivity index (χ4v) is 5.34. The van der Waals surface area contributed by atoms with Gasteiger partial charge in [-0.2, -0.15) is 0 Å². The van der Waals surface area contributed by atoms with E-state index >= 15 is 0 Å². The lowest BCUT2D eigenvalue weighted by molar-refractivity contribution is 0.0302. The first kappa shape index (κ1) is 27.4. The number of morpholine rings is 1. The van der Waals surface area contributed by atoms with E-state index in [9.17, 15) is 13.2 Å². The van der Waals surface area contributed by atoms with Crippen molar-refractivity contribution in [2.24, 2.45) is 5.14 Å². The van der Waals surface area contributed by atoms with Crippen molar-refractivity contribution in [1.29, 1.82) is 0 Å². The van der Waals surface area contributed by atoms with Crippen molar-refractivity contribution < 1.29 is 22.7 Å². The van der Waals surface area contributed by atoms with E-state index < -0.39 is 10.0 Å². The number of nitrogens with two attached hydrogens (primary N) is 1. The van der Waals surface area contributed by atoms with E-state index in [1.54, 1.807) is 35.2 Å². The molecule has 8 nitrogen and oxygen atoms in total. The first-order chi connectivity index (χ1) is 19.4. The quantitative estimate of drug-likeness (QED) is 0.317. The average molecular weight is 558 g/mol. The van der Waals surface area contributed by atoms with Crippen LogP contribution < -0.4 is 14.8 Å². The van der Waals surface area contributed by atoms with Gasteiger partial charge in [0.05, 0.1) is 18.9 Å². The highest BCUT2D eigenvalue weighted by Crippen LogP contribution is 2.41. The first-order valence-corrected chi connectivity index (χ1v) is 14.6. The van der Waals surface area contributed by atoms with Crippen LogP contribution in [-0.2, 0) is 27.8 Å². The number of carbonyl (C=O) groups excluding carboxylic acids is 1. The third-order valence-electron chi connectivity index (χ3n) is 6.62. The van der Waals surface area contributed by atoms with Crippen molar-refractivity contribution in [3.8, 4) is 11.5 Å². The number of para-hydroxylation sites is 1. The number of nitrogens with zero attached hydrogens (tertiary/aromatic N) is 2. The van der Waals surface area contributed by atoms with Gasteiger partial charge in [-0.3, -0.25) is 4.79 Å². The van der Waals surface area contributed by atoms with Crippen LogP contribution in [0.1, 0.15) is 21.5 Å². The summed E-state index contributed by atoms with van der Waals surface area (Å²) in [7, 11) is -4.29. The van der Waals surface area contributed by atoms with Crippen LogP contribution in [-0.4, -0.2) is 45.5 Å². The van der Waals surface area contributed by atoms with Crippen LogP contribution in [0.25, 0.3) is 0 Å². The highest BCUT2D eigenvalue weighted by molar-refractivity contribution is 7.89. The Morgan fingerprint density at radius 3 is 1.88 bits per heavy atom. The molecule has 1 aliphatic heterocycles. The lowest BCUT2D eigenvalue weighted by Crippen LogP contribution is -2.40. The number of benzene rings is 4. The van der Waals surface area contributed by atoms with Crippen LogP contribution in [0, 0.1) is 0 Å². The van der Waals surface area contributed by atoms with Crippen molar-refractivity contribution in [3.63, 3.8) is 0 Å². The Kier molecular flexibility index (Phi) is 8.45. The van der Waals surface area contributed by atoms with Crippen molar-refractivity contribution in [2.45, 2.75) is 18.0 Å². The normalized spacial score (nSPS) is 13.6. The summed E-state index contributed by atoms with van der Waals surface area (Å²) in [5.74, 6) is 0.222. The lowest BCUT2D eigenvalue weighted by atomic mass is 10.1. The van der Waals surface area contributed by atoms with E-state index in [4.69, 9.17) is 14.6 Å². The molecule has 0 spiro atoms. The molecule has 9 heteroatoms. The molecule has 1 saturated heterocycles. The molecule has 4 aromatic rings. The maximum Gasteiger partial charge on any atom is 0.254 e. The maximum atomic E-state index is 13.6. The Balaban J connectivity index is 1.70. The predicted molar refractivity (Wildman–Crippen MR) is 154 cm³/mol. The zero-order chi connectivity index (χ0) is 28.0. The molecule has 0 bridgehead atoms. The third kappa shape index (κ3) is 6.69. The fraction of sp³-hybridized carbons (Fsp3) is 0.194. The van der Waals surface area contributed by atoms with Gasteiger partial charge >= 0.3 is 0 Å². The molecule has 1 fully saturated rings. The molecule has 0 unspecified atom stereocenters. The number of ether oxygens (including phenoxy) is 2. The smallest absolute Gasteiger partial charge is 0.254 e. The summed E-state index contributed by atoms with van der Waals surface area (Å²) >= 11 is 0. The molecule has 0 aromatic heterocycles. The van der Waals surface area contributed by atoms with E-state index in [-0.39, 0.29) is 22.1 Å². The Hall–Kier alpha value is -4.18. The van der Waals surface area contributed by atoms with Gasteiger partial charge in [-0.05, 0) is 35.4 Å². The number of hydrogen-bond acceptors (Lipinski definition) is 6. The van der Waals surface area contributed by atoms with Crippen LogP contribution in [0.3, 0.4) is 0 Å². The first-order valence-electron chi connectivity index (χ1n) is 13.0. The minimum atomic E-state index is -4.29. The van der Waals surface area contributed by atoms with Gasteiger partial charge < -0.3 is 19.3 Å². The lowest BCUT2D eigenvalue weighted by Gasteiger charge is -2.30. The second-order valence-electron chi connectivity index (χ2n) is 9.51. The number of hydrogen-bond donors (Lipinski definition) is 1. The zero-order valence-electron chi connectivity index (χ0n) is 22.0. The van der Waals surface area contributed by atoms with E-state index in [1.165, 1.54) is 6.07 Å². The predicted octanol–water partition coefficient (Wildman–Crippen LogP) is 4.81. The number of primary sulfonamides is 1. The van der Waals surface area contributed by atoms with E-state index in [0.717, 1.165) is 11.1 Å². The molecule has 5 rings (SSSR count). The van der Waals surface area contributed by atoms with Gasteiger partial charge in [0.2, 0.25) is 10.0 Å². The fourth-order valence-electron chi connectivity index (χ4n) is 4.65. The van der Waals surface area contributed by atoms with Crippen LogP contribution in [0.15, 0.2) is 108 Å². The summed E-state index contributed by atoms with van der Waals surface area (Å²) in [6.45, 7) is 2.53. The summed E-state index contributed by atoms with van der Waals surface area (Å²) in [6.07, 6.45) is 0. The van der Waals surface area contributed by atoms with E-state index in [1.807, 2.05) is 71.6 Å². The second-order valence-corrected chi connectivity index (χ2v) is 11.0. The molecule has 1 amide bonds. The van der Waals surface area contributed by atoms with E-state index in [2.05, 4.69) is 0 Å². The monoisotopic (exact) mass is 557 g/mol. The number of rotatable bonds is 9. The van der Waals surface area contributed by atoms with Crippen molar-refractivity contribution in [3.05, 3.63) is 120 Å². The Morgan fingerprint density at radius 1 is 0.825 bits per heavy atom. The average Bonchev–Trinajstić information content (AvgIpc) is 2.98. The number of sulfonamides is 1. The highest BCUT2D eigenvalue weighted by atomic mass is 32.2. The highest BCUT2D eigenvalue weighted by Gasteiger charge is 2.28. The molecule has 1 aliphatic rings. The number of amides is 1. The van der Waals surface area contributed by atoms with E-state index in [0.29, 0.717) is 50.8 Å². The molecule has 40 heavy (non-hydrogen) atoms. The Morgan fingerprint density at radius 2 is 1.35 bits per heavy atom. The largest absolute Gasteiger partial charge is 0.454 e. The molecule has 0 aliphatic carbocycles. The molecule has 0 atom stereocenters. The molecule has 4 aromatic carbocycles. The summed E-state index contributed by atoms with van der Waals surface area (Å²) in [5.41, 5.74) is 2.67. The number of carbonyl (C=O) groups is 1. The van der Waals surface area contributed by atoms with Crippen molar-refractivity contribution >= 4 is 21.6 Å². The van der Waals surface area contributed by atoms with Crippen LogP contribution in [0.5, 0.6) is 11.5 Å². The van der Waals surface area contributed by atoms with Crippen molar-refractivity contribution in [1.82, 2.24) is 4.90 Å². The van der Waals surface area contributed by atoms with Gasteiger partial charge in [-0.15, -0.1) is 0 Å². The van der Waals surface area contributed by atoms with Crippen LogP contribution in [0.4, 0.5) is 5.69 Å². The summed E-state index contributed by atoms with van der Waals surface area (Å²) < 4.78 is 37.7. The molecule has 2 N–H and O–H groups in total. The molecular weight excluding hydrogens is 526 g/mol. The number of anilines is 1. The zero-order valence-corrected chi connectivity index (χ0v) is 22.8.